The van der Waals surface area contributed by atoms with Gasteiger partial charge in [0.25, 0.3) is 0 Å². The number of aliphatic hydroxyl groups is 1. The Bertz CT molecular complexity index is 623. The van der Waals surface area contributed by atoms with Crippen LogP contribution in [0.15, 0.2) is 24.3 Å². The molecule has 1 aliphatic carbocycles. The quantitative estimate of drug-likeness (QED) is 0.891. The molecule has 0 bridgehead atoms. The van der Waals surface area contributed by atoms with Crippen LogP contribution in [0.1, 0.15) is 25.0 Å². The fourth-order valence-electron chi connectivity index (χ4n) is 2.51. The van der Waals surface area contributed by atoms with E-state index in [0.717, 1.165) is 36.0 Å². The Morgan fingerprint density at radius 1 is 1.42 bits per heavy atom. The number of halogens is 1. The lowest BCUT2D eigenvalue weighted by Crippen LogP contribution is -2.43. The van der Waals surface area contributed by atoms with Crippen molar-refractivity contribution in [1.82, 2.24) is 4.98 Å². The van der Waals surface area contributed by atoms with Gasteiger partial charge in [0.05, 0.1) is 5.60 Å². The molecule has 0 aliphatic heterocycles. The van der Waals surface area contributed by atoms with Crippen molar-refractivity contribution in [3.63, 3.8) is 0 Å². The maximum atomic E-state index is 13.8. The largest absolute Gasteiger partial charge is 0.388 e. The summed E-state index contributed by atoms with van der Waals surface area (Å²) in [4.78, 5) is 4.24. The number of para-hydroxylation sites is 1. The molecule has 19 heavy (non-hydrogen) atoms. The molecule has 100 valence electrons. The van der Waals surface area contributed by atoms with Crippen LogP contribution >= 0.6 is 0 Å². The number of nitrogens with one attached hydrogen (secondary N) is 1. The molecular weight excluding hydrogens is 243 g/mol. The second-order valence-electron chi connectivity index (χ2n) is 5.38. The maximum absolute atomic E-state index is 13.8. The first-order valence-corrected chi connectivity index (χ1v) is 6.60. The van der Waals surface area contributed by atoms with E-state index in [-0.39, 0.29) is 5.82 Å². The summed E-state index contributed by atoms with van der Waals surface area (Å²) >= 11 is 0. The molecule has 4 heteroatoms. The van der Waals surface area contributed by atoms with Gasteiger partial charge in [-0.25, -0.2) is 9.37 Å². The second-order valence-corrected chi connectivity index (χ2v) is 5.38. The normalized spacial score (nSPS) is 17.2. The van der Waals surface area contributed by atoms with E-state index in [4.69, 9.17) is 0 Å². The molecule has 0 spiro atoms. The van der Waals surface area contributed by atoms with Gasteiger partial charge in [-0.2, -0.15) is 0 Å². The number of aromatic nitrogens is 1. The summed E-state index contributed by atoms with van der Waals surface area (Å²) in [5.74, 6) is -0.313. The average molecular weight is 260 g/mol. The van der Waals surface area contributed by atoms with Crippen molar-refractivity contribution in [2.24, 2.45) is 0 Å². The van der Waals surface area contributed by atoms with Gasteiger partial charge in [-0.05, 0) is 38.3 Å². The summed E-state index contributed by atoms with van der Waals surface area (Å²) in [6.45, 7) is 2.34. The van der Waals surface area contributed by atoms with Gasteiger partial charge in [0.1, 0.15) is 11.3 Å². The van der Waals surface area contributed by atoms with Crippen LogP contribution in [0, 0.1) is 12.7 Å². The molecule has 1 saturated carbocycles. The summed E-state index contributed by atoms with van der Waals surface area (Å²) in [6.07, 6.45) is 2.73. The highest BCUT2D eigenvalue weighted by Gasteiger charge is 2.34. The number of nitrogens with zero attached hydrogens (tertiary/aromatic N) is 1. The Hall–Kier alpha value is -1.68. The highest BCUT2D eigenvalue weighted by atomic mass is 19.1. The summed E-state index contributed by atoms with van der Waals surface area (Å²) in [5, 5.41) is 14.1. The number of pyridine rings is 1. The zero-order valence-corrected chi connectivity index (χ0v) is 10.9. The van der Waals surface area contributed by atoms with Crippen molar-refractivity contribution in [2.45, 2.75) is 31.8 Å². The van der Waals surface area contributed by atoms with Gasteiger partial charge in [-0.1, -0.05) is 12.1 Å². The molecule has 1 aromatic heterocycles. The molecule has 3 nitrogen and oxygen atoms in total. The fraction of sp³-hybridized carbons (Fsp3) is 0.400. The van der Waals surface area contributed by atoms with Crippen molar-refractivity contribution in [3.8, 4) is 0 Å². The van der Waals surface area contributed by atoms with E-state index in [9.17, 15) is 9.50 Å². The predicted octanol–water partition coefficient (Wildman–Crippen LogP) is 3.01. The van der Waals surface area contributed by atoms with Gasteiger partial charge in [-0.15, -0.1) is 0 Å². The zero-order chi connectivity index (χ0) is 13.5. The second kappa shape index (κ2) is 4.46. The van der Waals surface area contributed by atoms with Crippen LogP contribution in [0.2, 0.25) is 0 Å². The molecule has 1 aliphatic rings. The Balaban J connectivity index is 1.95. The van der Waals surface area contributed by atoms with E-state index in [1.807, 2.05) is 19.1 Å². The number of benzene rings is 1. The molecule has 2 aromatic rings. The first-order chi connectivity index (χ1) is 9.07. The SMILES string of the molecule is Cc1cc(NCC2(O)CCC2)c2cccc(F)c2n1. The summed E-state index contributed by atoms with van der Waals surface area (Å²) < 4.78 is 13.8. The molecule has 0 atom stereocenters. The Labute approximate surface area is 111 Å². The van der Waals surface area contributed by atoms with Crippen molar-refractivity contribution in [2.75, 3.05) is 11.9 Å². The number of fused-ring (bicyclic) bond motifs is 1. The van der Waals surface area contributed by atoms with Crippen molar-refractivity contribution in [3.05, 3.63) is 35.8 Å². The van der Waals surface area contributed by atoms with Gasteiger partial charge in [-0.3, -0.25) is 0 Å². The molecule has 1 heterocycles. The van der Waals surface area contributed by atoms with Gasteiger partial charge >= 0.3 is 0 Å². The lowest BCUT2D eigenvalue weighted by atomic mass is 9.80. The zero-order valence-electron chi connectivity index (χ0n) is 10.9. The monoisotopic (exact) mass is 260 g/mol. The third kappa shape index (κ3) is 2.28. The Morgan fingerprint density at radius 3 is 2.89 bits per heavy atom. The van der Waals surface area contributed by atoms with Crippen LogP contribution in [0.25, 0.3) is 10.9 Å². The number of hydrogen-bond acceptors (Lipinski definition) is 3. The van der Waals surface area contributed by atoms with Gasteiger partial charge in [0.2, 0.25) is 0 Å². The fourth-order valence-corrected chi connectivity index (χ4v) is 2.51. The molecule has 1 fully saturated rings. The van der Waals surface area contributed by atoms with Crippen molar-refractivity contribution in [1.29, 1.82) is 0 Å². The van der Waals surface area contributed by atoms with Crippen LogP contribution in [0.5, 0.6) is 0 Å². The van der Waals surface area contributed by atoms with E-state index in [1.165, 1.54) is 6.07 Å². The van der Waals surface area contributed by atoms with Crippen molar-refractivity contribution >= 4 is 16.6 Å². The minimum atomic E-state index is -0.600. The molecule has 0 radical (unpaired) electrons. The topological polar surface area (TPSA) is 45.1 Å². The predicted molar refractivity (Wildman–Crippen MR) is 73.7 cm³/mol. The van der Waals surface area contributed by atoms with Crippen LogP contribution in [0.3, 0.4) is 0 Å². The molecule has 3 rings (SSSR count). The minimum Gasteiger partial charge on any atom is -0.388 e. The highest BCUT2D eigenvalue weighted by Crippen LogP contribution is 2.33. The first kappa shape index (κ1) is 12.4. The molecule has 0 unspecified atom stereocenters. The Morgan fingerprint density at radius 2 is 2.21 bits per heavy atom. The number of aryl methyl sites for hydroxylation is 1. The van der Waals surface area contributed by atoms with Gasteiger partial charge in [0.15, 0.2) is 0 Å². The van der Waals surface area contributed by atoms with Crippen LogP contribution in [-0.4, -0.2) is 22.2 Å². The maximum Gasteiger partial charge on any atom is 0.149 e. The number of hydrogen-bond donors (Lipinski definition) is 2. The average Bonchev–Trinajstić information content (AvgIpc) is 2.35. The molecule has 0 amide bonds. The summed E-state index contributed by atoms with van der Waals surface area (Å²) in [6, 6.07) is 6.83. The van der Waals surface area contributed by atoms with E-state index in [1.54, 1.807) is 6.07 Å². The van der Waals surface area contributed by atoms with E-state index in [2.05, 4.69) is 10.3 Å². The number of anilines is 1. The van der Waals surface area contributed by atoms with Crippen LogP contribution in [-0.2, 0) is 0 Å². The summed E-state index contributed by atoms with van der Waals surface area (Å²) in [7, 11) is 0. The first-order valence-electron chi connectivity index (χ1n) is 6.60. The highest BCUT2D eigenvalue weighted by molar-refractivity contribution is 5.91. The van der Waals surface area contributed by atoms with E-state index >= 15 is 0 Å². The number of rotatable bonds is 3. The third-order valence-corrected chi connectivity index (χ3v) is 3.81. The smallest absolute Gasteiger partial charge is 0.149 e. The van der Waals surface area contributed by atoms with E-state index < -0.39 is 5.60 Å². The van der Waals surface area contributed by atoms with Crippen LogP contribution in [0.4, 0.5) is 10.1 Å². The molecule has 2 N–H and O–H groups in total. The van der Waals surface area contributed by atoms with E-state index in [0.29, 0.717) is 12.1 Å². The molecule has 1 aromatic carbocycles. The third-order valence-electron chi connectivity index (χ3n) is 3.81. The lowest BCUT2D eigenvalue weighted by molar-refractivity contribution is -0.0201. The summed E-state index contributed by atoms with van der Waals surface area (Å²) in [5.41, 5.74) is 1.38. The molecule has 0 saturated heterocycles. The lowest BCUT2D eigenvalue weighted by Gasteiger charge is -2.37. The molecular formula is C15H17FN2O. The van der Waals surface area contributed by atoms with Gasteiger partial charge in [0, 0.05) is 23.3 Å². The van der Waals surface area contributed by atoms with Gasteiger partial charge < -0.3 is 10.4 Å². The Kier molecular flexibility index (Phi) is 2.90. The standard InChI is InChI=1S/C15H17FN2O/c1-10-8-13(17-9-15(19)6-3-7-15)11-4-2-5-12(16)14(11)18-10/h2,4-5,8,19H,3,6-7,9H2,1H3,(H,17,18). The van der Waals surface area contributed by atoms with Crippen LogP contribution < -0.4 is 5.32 Å². The van der Waals surface area contributed by atoms with Crippen molar-refractivity contribution < 1.29 is 9.50 Å². The minimum absolute atomic E-state index is 0.313.